The van der Waals surface area contributed by atoms with Crippen molar-refractivity contribution in [2.45, 2.75) is 51.9 Å². The summed E-state index contributed by atoms with van der Waals surface area (Å²) in [6.45, 7) is 2.47. The van der Waals surface area contributed by atoms with Crippen LogP contribution in [-0.2, 0) is 0 Å². The van der Waals surface area contributed by atoms with E-state index in [0.717, 1.165) is 17.8 Å². The van der Waals surface area contributed by atoms with E-state index < -0.39 is 0 Å². The molecular formula is C11H20. The zero-order chi connectivity index (χ0) is 7.68. The first-order valence-corrected chi connectivity index (χ1v) is 5.38. The van der Waals surface area contributed by atoms with Gasteiger partial charge >= 0.3 is 0 Å². The van der Waals surface area contributed by atoms with Gasteiger partial charge in [0.25, 0.3) is 0 Å². The van der Waals surface area contributed by atoms with E-state index >= 15 is 0 Å². The highest BCUT2D eigenvalue weighted by atomic mass is 14.4. The maximum atomic E-state index is 2.47. The van der Waals surface area contributed by atoms with Crippen LogP contribution in [0.15, 0.2) is 0 Å². The summed E-state index contributed by atoms with van der Waals surface area (Å²) >= 11 is 0. The Balaban J connectivity index is 1.99. The Morgan fingerprint density at radius 2 is 1.55 bits per heavy atom. The smallest absolute Gasteiger partial charge is 0.0360 e. The molecule has 0 spiro atoms. The Bertz CT molecular complexity index is 126. The fourth-order valence-electron chi connectivity index (χ4n) is 3.26. The van der Waals surface area contributed by atoms with Crippen LogP contribution in [0.1, 0.15) is 51.9 Å². The van der Waals surface area contributed by atoms with Gasteiger partial charge in [-0.05, 0) is 24.2 Å². The lowest BCUT2D eigenvalue weighted by molar-refractivity contribution is 0.114. The van der Waals surface area contributed by atoms with Crippen molar-refractivity contribution in [1.29, 1.82) is 0 Å². The molecule has 2 rings (SSSR count). The fraction of sp³-hybridized carbons (Fsp3) is 1.00. The number of rotatable bonds is 0. The van der Waals surface area contributed by atoms with Crippen molar-refractivity contribution in [3.63, 3.8) is 0 Å². The van der Waals surface area contributed by atoms with Gasteiger partial charge in [-0.1, -0.05) is 45.4 Å². The van der Waals surface area contributed by atoms with Gasteiger partial charge in [0.1, 0.15) is 0 Å². The van der Waals surface area contributed by atoms with Crippen molar-refractivity contribution in [3.05, 3.63) is 0 Å². The van der Waals surface area contributed by atoms with Crippen molar-refractivity contribution < 1.29 is 0 Å². The first-order chi connectivity index (χ1) is 5.38. The zero-order valence-corrected chi connectivity index (χ0v) is 7.68. The highest BCUT2D eigenvalue weighted by Gasteiger charge is 2.31. The van der Waals surface area contributed by atoms with Gasteiger partial charge < -0.3 is 0 Å². The molecule has 0 bridgehead atoms. The van der Waals surface area contributed by atoms with Crippen molar-refractivity contribution >= 4 is 0 Å². The summed E-state index contributed by atoms with van der Waals surface area (Å²) in [6.07, 6.45) is 10.7. The molecule has 0 heterocycles. The highest BCUT2D eigenvalue weighted by molar-refractivity contribution is 4.82. The number of hydrogen-bond donors (Lipinski definition) is 0. The third kappa shape index (κ3) is 1.45. The summed E-state index contributed by atoms with van der Waals surface area (Å²) in [5.41, 5.74) is 0. The monoisotopic (exact) mass is 152 g/mol. The molecule has 0 aromatic rings. The van der Waals surface area contributed by atoms with Gasteiger partial charge in [-0.25, -0.2) is 0 Å². The van der Waals surface area contributed by atoms with Crippen LogP contribution in [0.25, 0.3) is 0 Å². The second-order valence-electron chi connectivity index (χ2n) is 4.62. The normalized spacial score (nSPS) is 45.0. The summed E-state index contributed by atoms with van der Waals surface area (Å²) in [7, 11) is 0. The fourth-order valence-corrected chi connectivity index (χ4v) is 3.26. The zero-order valence-electron chi connectivity index (χ0n) is 7.68. The van der Waals surface area contributed by atoms with Crippen molar-refractivity contribution in [2.24, 2.45) is 17.8 Å². The molecule has 0 nitrogen and oxygen atoms in total. The van der Waals surface area contributed by atoms with Crippen molar-refractivity contribution in [3.8, 4) is 0 Å². The molecule has 0 N–H and O–H groups in total. The third-order valence-electron chi connectivity index (χ3n) is 3.93. The third-order valence-corrected chi connectivity index (χ3v) is 3.93. The quantitative estimate of drug-likeness (QED) is 0.497. The average Bonchev–Trinajstić information content (AvgIpc) is 2.06. The maximum absolute atomic E-state index is 2.47. The molecule has 0 aliphatic heterocycles. The Morgan fingerprint density at radius 1 is 0.818 bits per heavy atom. The Kier molecular flexibility index (Phi) is 2.20. The topological polar surface area (TPSA) is 0 Å². The van der Waals surface area contributed by atoms with Crippen molar-refractivity contribution in [1.82, 2.24) is 0 Å². The number of hydrogen-bond acceptors (Lipinski definition) is 0. The van der Waals surface area contributed by atoms with Crippen LogP contribution < -0.4 is 0 Å². The first-order valence-electron chi connectivity index (χ1n) is 5.38. The van der Waals surface area contributed by atoms with Crippen LogP contribution in [0.4, 0.5) is 0 Å². The molecule has 2 aliphatic carbocycles. The standard InChI is InChI=1S/C11H20/c1-9-5-4-7-10-6-2-3-8-11(9)10/h9-11H,2-8H2,1H3/t9?,10-,11?/m1/s1. The molecule has 0 aromatic carbocycles. The van der Waals surface area contributed by atoms with Gasteiger partial charge in [0.2, 0.25) is 0 Å². The van der Waals surface area contributed by atoms with Gasteiger partial charge in [0, 0.05) is 0 Å². The molecule has 0 amide bonds. The number of fused-ring (bicyclic) bond motifs is 1. The van der Waals surface area contributed by atoms with Crippen molar-refractivity contribution in [2.75, 3.05) is 0 Å². The highest BCUT2D eigenvalue weighted by Crippen LogP contribution is 2.43. The molecule has 3 atom stereocenters. The summed E-state index contributed by atoms with van der Waals surface area (Å²) in [5.74, 6) is 3.30. The SMILES string of the molecule is CC1CCC[C@H]2CCCCC12. The van der Waals surface area contributed by atoms with Gasteiger partial charge in [-0.15, -0.1) is 0 Å². The Labute approximate surface area is 70.4 Å². The predicted octanol–water partition coefficient (Wildman–Crippen LogP) is 3.61. The van der Waals surface area contributed by atoms with E-state index in [1.807, 2.05) is 0 Å². The molecule has 64 valence electrons. The minimum absolute atomic E-state index is 1.05. The molecule has 2 unspecified atom stereocenters. The molecule has 11 heavy (non-hydrogen) atoms. The van der Waals surface area contributed by atoms with Crippen LogP contribution in [0, 0.1) is 17.8 Å². The van der Waals surface area contributed by atoms with Crippen LogP contribution >= 0.6 is 0 Å². The van der Waals surface area contributed by atoms with Gasteiger partial charge in [0.15, 0.2) is 0 Å². The lowest BCUT2D eigenvalue weighted by Gasteiger charge is -2.39. The van der Waals surface area contributed by atoms with E-state index in [0.29, 0.717) is 0 Å². The van der Waals surface area contributed by atoms with E-state index in [1.165, 1.54) is 25.7 Å². The molecular weight excluding hydrogens is 132 g/mol. The van der Waals surface area contributed by atoms with Crippen LogP contribution in [0.5, 0.6) is 0 Å². The summed E-state index contributed by atoms with van der Waals surface area (Å²) < 4.78 is 0. The molecule has 0 radical (unpaired) electrons. The molecule has 0 aromatic heterocycles. The second kappa shape index (κ2) is 3.16. The molecule has 0 heteroatoms. The summed E-state index contributed by atoms with van der Waals surface area (Å²) in [6, 6.07) is 0. The predicted molar refractivity (Wildman–Crippen MR) is 48.5 cm³/mol. The summed E-state index contributed by atoms with van der Waals surface area (Å²) in [4.78, 5) is 0. The molecule has 2 fully saturated rings. The van der Waals surface area contributed by atoms with Gasteiger partial charge in [-0.3, -0.25) is 0 Å². The summed E-state index contributed by atoms with van der Waals surface area (Å²) in [5, 5.41) is 0. The van der Waals surface area contributed by atoms with E-state index in [2.05, 4.69) is 6.92 Å². The largest absolute Gasteiger partial charge is 0.0622 e. The van der Waals surface area contributed by atoms with E-state index in [9.17, 15) is 0 Å². The first kappa shape index (κ1) is 7.64. The van der Waals surface area contributed by atoms with Gasteiger partial charge in [-0.2, -0.15) is 0 Å². The molecule has 2 aliphatic rings. The van der Waals surface area contributed by atoms with E-state index in [4.69, 9.17) is 0 Å². The molecule has 2 saturated carbocycles. The lowest BCUT2D eigenvalue weighted by atomic mass is 9.66. The second-order valence-corrected chi connectivity index (χ2v) is 4.62. The van der Waals surface area contributed by atoms with E-state index in [-0.39, 0.29) is 0 Å². The maximum Gasteiger partial charge on any atom is -0.0360 e. The van der Waals surface area contributed by atoms with Crippen LogP contribution in [-0.4, -0.2) is 0 Å². The Hall–Kier alpha value is 0. The van der Waals surface area contributed by atoms with Crippen LogP contribution in [0.3, 0.4) is 0 Å². The Morgan fingerprint density at radius 3 is 2.36 bits per heavy atom. The van der Waals surface area contributed by atoms with Gasteiger partial charge in [0.05, 0.1) is 0 Å². The van der Waals surface area contributed by atoms with Crippen LogP contribution in [0.2, 0.25) is 0 Å². The minimum Gasteiger partial charge on any atom is -0.0622 e. The minimum atomic E-state index is 1.05. The lowest BCUT2D eigenvalue weighted by Crippen LogP contribution is -2.29. The molecule has 0 saturated heterocycles. The average molecular weight is 152 g/mol. The van der Waals surface area contributed by atoms with E-state index in [1.54, 1.807) is 19.3 Å².